The van der Waals surface area contributed by atoms with Crippen molar-refractivity contribution < 1.29 is 0 Å². The molecule has 1 nitrogen and oxygen atoms in total. The fourth-order valence-corrected chi connectivity index (χ4v) is 5.22. The molecule has 0 unspecified atom stereocenters. The van der Waals surface area contributed by atoms with Crippen LogP contribution >= 0.6 is 0 Å². The molecule has 1 saturated heterocycles. The molecule has 1 heterocycles. The van der Waals surface area contributed by atoms with Crippen LogP contribution in [-0.4, -0.2) is 24.5 Å². The summed E-state index contributed by atoms with van der Waals surface area (Å²) in [6.45, 7) is 6.56. The van der Waals surface area contributed by atoms with Gasteiger partial charge >= 0.3 is 0 Å². The highest BCUT2D eigenvalue weighted by Gasteiger charge is 2.33. The van der Waals surface area contributed by atoms with Crippen LogP contribution in [0.2, 0.25) is 0 Å². The van der Waals surface area contributed by atoms with E-state index in [4.69, 9.17) is 0 Å². The molecule has 2 atom stereocenters. The summed E-state index contributed by atoms with van der Waals surface area (Å²) in [5, 5.41) is 0. The Morgan fingerprint density at radius 1 is 0.560 bits per heavy atom. The second kappa shape index (κ2) is 14.1. The zero-order valence-electron chi connectivity index (χ0n) is 17.5. The standard InChI is InChI=1S/C24H47N/c1-2-3-4-5-6-7-8-9-10-11-12-13-14-17-20-25-21-23-18-15-16-19-24(23)22-25/h23-24H,2-22H2,1H3/t23-,24-/m1/s1. The highest BCUT2D eigenvalue weighted by molar-refractivity contribution is 4.86. The third kappa shape index (κ3) is 9.45. The van der Waals surface area contributed by atoms with Crippen LogP contribution in [0.3, 0.4) is 0 Å². The molecule has 0 aromatic rings. The van der Waals surface area contributed by atoms with Gasteiger partial charge in [0, 0.05) is 13.1 Å². The topological polar surface area (TPSA) is 3.24 Å². The Bertz CT molecular complexity index is 286. The minimum Gasteiger partial charge on any atom is -0.303 e. The van der Waals surface area contributed by atoms with E-state index in [0.717, 1.165) is 11.8 Å². The summed E-state index contributed by atoms with van der Waals surface area (Å²) in [6.07, 6.45) is 26.7. The van der Waals surface area contributed by atoms with Gasteiger partial charge in [0.1, 0.15) is 0 Å². The maximum atomic E-state index is 2.79. The Balaban J connectivity index is 1.28. The van der Waals surface area contributed by atoms with E-state index < -0.39 is 0 Å². The van der Waals surface area contributed by atoms with Crippen molar-refractivity contribution in [2.45, 2.75) is 122 Å². The van der Waals surface area contributed by atoms with E-state index in [9.17, 15) is 0 Å². The first-order valence-corrected chi connectivity index (χ1v) is 12.1. The molecule has 25 heavy (non-hydrogen) atoms. The maximum absolute atomic E-state index is 2.79. The molecule has 0 spiro atoms. The molecule has 1 heteroatoms. The molecule has 1 aliphatic heterocycles. The summed E-state index contributed by atoms with van der Waals surface area (Å²) in [4.78, 5) is 2.79. The summed E-state index contributed by atoms with van der Waals surface area (Å²) in [7, 11) is 0. The van der Waals surface area contributed by atoms with E-state index in [-0.39, 0.29) is 0 Å². The molecule has 0 aromatic heterocycles. The van der Waals surface area contributed by atoms with Crippen molar-refractivity contribution in [2.24, 2.45) is 11.8 Å². The van der Waals surface area contributed by atoms with Gasteiger partial charge in [-0.25, -0.2) is 0 Å². The van der Waals surface area contributed by atoms with Gasteiger partial charge in [0.25, 0.3) is 0 Å². The Morgan fingerprint density at radius 2 is 0.960 bits per heavy atom. The molecule has 2 aliphatic rings. The number of hydrogen-bond acceptors (Lipinski definition) is 1. The molecular formula is C24H47N. The molecule has 1 aliphatic carbocycles. The molecule has 2 rings (SSSR count). The van der Waals surface area contributed by atoms with Gasteiger partial charge in [0.2, 0.25) is 0 Å². The van der Waals surface area contributed by atoms with E-state index in [0.29, 0.717) is 0 Å². The van der Waals surface area contributed by atoms with Crippen LogP contribution in [0.25, 0.3) is 0 Å². The quantitative estimate of drug-likeness (QED) is 0.275. The largest absolute Gasteiger partial charge is 0.303 e. The van der Waals surface area contributed by atoms with Crippen molar-refractivity contribution in [3.8, 4) is 0 Å². The van der Waals surface area contributed by atoms with Gasteiger partial charge in [-0.05, 0) is 37.6 Å². The summed E-state index contributed by atoms with van der Waals surface area (Å²) in [5.41, 5.74) is 0. The number of unbranched alkanes of at least 4 members (excludes halogenated alkanes) is 13. The normalized spacial score (nSPS) is 23.9. The van der Waals surface area contributed by atoms with Crippen LogP contribution in [0, 0.1) is 11.8 Å². The van der Waals surface area contributed by atoms with Crippen LogP contribution in [0.5, 0.6) is 0 Å². The van der Waals surface area contributed by atoms with E-state index >= 15 is 0 Å². The van der Waals surface area contributed by atoms with Crippen molar-refractivity contribution >= 4 is 0 Å². The molecule has 0 N–H and O–H groups in total. The van der Waals surface area contributed by atoms with Crippen LogP contribution in [0.4, 0.5) is 0 Å². The first kappa shape index (κ1) is 21.3. The average molecular weight is 350 g/mol. The highest BCUT2D eigenvalue weighted by atomic mass is 15.1. The van der Waals surface area contributed by atoms with Gasteiger partial charge < -0.3 is 4.90 Å². The number of fused-ring (bicyclic) bond motifs is 1. The van der Waals surface area contributed by atoms with Gasteiger partial charge in [-0.1, -0.05) is 103 Å². The Kier molecular flexibility index (Phi) is 12.0. The third-order valence-corrected chi connectivity index (χ3v) is 6.88. The fraction of sp³-hybridized carbons (Fsp3) is 1.00. The van der Waals surface area contributed by atoms with Crippen LogP contribution < -0.4 is 0 Å². The van der Waals surface area contributed by atoms with Crippen LogP contribution in [0.1, 0.15) is 122 Å². The van der Waals surface area contributed by atoms with Crippen molar-refractivity contribution in [2.75, 3.05) is 19.6 Å². The zero-order chi connectivity index (χ0) is 17.6. The molecule has 1 saturated carbocycles. The lowest BCUT2D eigenvalue weighted by molar-refractivity contribution is 0.299. The number of rotatable bonds is 15. The predicted octanol–water partition coefficient (Wildman–Crippen LogP) is 7.59. The number of hydrogen-bond donors (Lipinski definition) is 0. The van der Waals surface area contributed by atoms with Crippen molar-refractivity contribution in [3.05, 3.63) is 0 Å². The second-order valence-electron chi connectivity index (χ2n) is 9.16. The van der Waals surface area contributed by atoms with Crippen molar-refractivity contribution in [1.29, 1.82) is 0 Å². The molecular weight excluding hydrogens is 302 g/mol. The van der Waals surface area contributed by atoms with Gasteiger partial charge in [0.15, 0.2) is 0 Å². The lowest BCUT2D eigenvalue weighted by atomic mass is 9.82. The van der Waals surface area contributed by atoms with E-state index in [1.54, 1.807) is 0 Å². The first-order chi connectivity index (χ1) is 12.4. The fourth-order valence-electron chi connectivity index (χ4n) is 5.22. The lowest BCUT2D eigenvalue weighted by Gasteiger charge is -2.23. The second-order valence-corrected chi connectivity index (χ2v) is 9.16. The Labute approximate surface area is 159 Å². The van der Waals surface area contributed by atoms with Crippen molar-refractivity contribution in [3.63, 3.8) is 0 Å². The highest BCUT2D eigenvalue weighted by Crippen LogP contribution is 2.36. The lowest BCUT2D eigenvalue weighted by Crippen LogP contribution is -2.22. The first-order valence-electron chi connectivity index (χ1n) is 12.1. The van der Waals surface area contributed by atoms with E-state index in [1.807, 2.05) is 0 Å². The average Bonchev–Trinajstić information content (AvgIpc) is 3.05. The Hall–Kier alpha value is -0.0400. The molecule has 0 aromatic carbocycles. The van der Waals surface area contributed by atoms with Gasteiger partial charge in [0.05, 0.1) is 0 Å². The van der Waals surface area contributed by atoms with Gasteiger partial charge in [-0.2, -0.15) is 0 Å². The number of likely N-dealkylation sites (tertiary alicyclic amines) is 1. The maximum Gasteiger partial charge on any atom is 0.00129 e. The summed E-state index contributed by atoms with van der Waals surface area (Å²) >= 11 is 0. The van der Waals surface area contributed by atoms with E-state index in [1.165, 1.54) is 135 Å². The molecule has 148 valence electrons. The number of nitrogens with zero attached hydrogens (tertiary/aromatic N) is 1. The molecule has 2 fully saturated rings. The van der Waals surface area contributed by atoms with Crippen LogP contribution in [-0.2, 0) is 0 Å². The smallest absolute Gasteiger partial charge is 0.00129 e. The van der Waals surface area contributed by atoms with Crippen molar-refractivity contribution in [1.82, 2.24) is 4.90 Å². The van der Waals surface area contributed by atoms with Gasteiger partial charge in [-0.3, -0.25) is 0 Å². The minimum atomic E-state index is 1.07. The SMILES string of the molecule is CCCCCCCCCCCCCCCCN1C[C@H]2CCCC[C@@H]2C1. The predicted molar refractivity (Wildman–Crippen MR) is 112 cm³/mol. The molecule has 0 radical (unpaired) electrons. The summed E-state index contributed by atoms with van der Waals surface area (Å²) < 4.78 is 0. The summed E-state index contributed by atoms with van der Waals surface area (Å²) in [5.74, 6) is 2.14. The van der Waals surface area contributed by atoms with E-state index in [2.05, 4.69) is 11.8 Å². The summed E-state index contributed by atoms with van der Waals surface area (Å²) in [6, 6.07) is 0. The monoisotopic (exact) mass is 349 g/mol. The molecule has 0 amide bonds. The van der Waals surface area contributed by atoms with Crippen LogP contribution in [0.15, 0.2) is 0 Å². The Morgan fingerprint density at radius 3 is 1.40 bits per heavy atom. The third-order valence-electron chi connectivity index (χ3n) is 6.88. The van der Waals surface area contributed by atoms with Gasteiger partial charge in [-0.15, -0.1) is 0 Å². The molecule has 0 bridgehead atoms. The zero-order valence-corrected chi connectivity index (χ0v) is 17.5. The minimum absolute atomic E-state index is 1.07.